The number of benzene rings is 10. The quantitative estimate of drug-likeness (QED) is 0.170. The molecule has 10 aromatic carbocycles. The molecule has 1 heteroatoms. The molecule has 0 unspecified atom stereocenters. The van der Waals surface area contributed by atoms with E-state index in [2.05, 4.69) is 194 Å². The summed E-state index contributed by atoms with van der Waals surface area (Å²) in [5.74, 6) is 0. The van der Waals surface area contributed by atoms with Crippen molar-refractivity contribution < 1.29 is 4.42 Å². The lowest BCUT2D eigenvalue weighted by Crippen LogP contribution is -1.91. The number of hydrogen-bond acceptors (Lipinski definition) is 1. The molecule has 1 heterocycles. The smallest absolute Gasteiger partial charge is 0.136 e. The number of rotatable bonds is 4. The van der Waals surface area contributed by atoms with Crippen LogP contribution in [0.2, 0.25) is 0 Å². The van der Waals surface area contributed by atoms with Crippen LogP contribution in [-0.2, 0) is 0 Å². The van der Waals surface area contributed by atoms with Crippen LogP contribution >= 0.6 is 0 Å². The van der Waals surface area contributed by atoms with Crippen molar-refractivity contribution in [2.24, 2.45) is 0 Å². The lowest BCUT2D eigenvalue weighted by molar-refractivity contribution is 0.669. The van der Waals surface area contributed by atoms with Gasteiger partial charge in [0, 0.05) is 10.8 Å². The molecule has 11 aromatic rings. The van der Waals surface area contributed by atoms with Crippen LogP contribution in [0.15, 0.2) is 199 Å². The normalized spacial score (nSPS) is 11.8. The van der Waals surface area contributed by atoms with Crippen LogP contribution in [0.25, 0.3) is 110 Å². The van der Waals surface area contributed by atoms with E-state index in [4.69, 9.17) is 4.42 Å². The Hall–Kier alpha value is -6.96. The molecule has 0 spiro atoms. The van der Waals surface area contributed by atoms with Crippen LogP contribution in [0.4, 0.5) is 0 Å². The zero-order valence-corrected chi connectivity index (χ0v) is 28.9. The highest BCUT2D eigenvalue weighted by Crippen LogP contribution is 2.47. The maximum Gasteiger partial charge on any atom is 0.136 e. The van der Waals surface area contributed by atoms with Crippen LogP contribution in [0.5, 0.6) is 0 Å². The summed E-state index contributed by atoms with van der Waals surface area (Å²) in [7, 11) is 0. The average molecular weight is 673 g/mol. The largest absolute Gasteiger partial charge is 0.456 e. The summed E-state index contributed by atoms with van der Waals surface area (Å²) in [6.07, 6.45) is 0. The van der Waals surface area contributed by atoms with Gasteiger partial charge < -0.3 is 4.42 Å². The number of fused-ring (bicyclic) bond motifs is 7. The third kappa shape index (κ3) is 4.64. The highest BCUT2D eigenvalue weighted by molar-refractivity contribution is 6.26. The van der Waals surface area contributed by atoms with Crippen LogP contribution in [-0.4, -0.2) is 0 Å². The predicted octanol–water partition coefficient (Wildman–Crippen LogP) is 14.9. The molecule has 53 heavy (non-hydrogen) atoms. The van der Waals surface area contributed by atoms with Crippen LogP contribution < -0.4 is 0 Å². The molecule has 0 N–H and O–H groups in total. The van der Waals surface area contributed by atoms with E-state index in [1.807, 2.05) is 0 Å². The third-order valence-electron chi connectivity index (χ3n) is 11.0. The Morgan fingerprint density at radius 2 is 0.755 bits per heavy atom. The van der Waals surface area contributed by atoms with Gasteiger partial charge in [-0.2, -0.15) is 0 Å². The molecular weight excluding hydrogens is 641 g/mol. The first-order chi connectivity index (χ1) is 26.3. The molecule has 1 nitrogen and oxygen atoms in total. The number of furan rings is 1. The molecule has 0 aliphatic heterocycles. The Balaban J connectivity index is 1.13. The van der Waals surface area contributed by atoms with Crippen molar-refractivity contribution in [3.63, 3.8) is 0 Å². The van der Waals surface area contributed by atoms with Gasteiger partial charge in [-0.15, -0.1) is 0 Å². The second-order valence-electron chi connectivity index (χ2n) is 14.0. The second-order valence-corrected chi connectivity index (χ2v) is 14.0. The van der Waals surface area contributed by atoms with Crippen molar-refractivity contribution in [2.75, 3.05) is 0 Å². The van der Waals surface area contributed by atoms with Gasteiger partial charge in [-0.3, -0.25) is 0 Å². The van der Waals surface area contributed by atoms with Crippen LogP contribution in [0, 0.1) is 0 Å². The van der Waals surface area contributed by atoms with Crippen molar-refractivity contribution in [1.29, 1.82) is 0 Å². The standard InChI is InChI=1S/C52H32O/c1-2-13-33(14-3-1)39-23-10-17-35-18-11-24-40(49(35)39)34-27-29-36(30-28-34)50-41-19-6-8-21-43(41)51(44-22-9-7-20-42(44)50)45-25-12-26-47-52(45)46-31-37-15-4-5-16-38(37)32-48(46)53-47/h1-32H. The third-order valence-corrected chi connectivity index (χ3v) is 11.0. The zero-order valence-electron chi connectivity index (χ0n) is 28.9. The minimum atomic E-state index is 0.907. The highest BCUT2D eigenvalue weighted by atomic mass is 16.3. The van der Waals surface area contributed by atoms with Crippen molar-refractivity contribution in [3.05, 3.63) is 194 Å². The molecule has 0 bridgehead atoms. The molecule has 0 atom stereocenters. The van der Waals surface area contributed by atoms with Gasteiger partial charge in [0.1, 0.15) is 11.2 Å². The van der Waals surface area contributed by atoms with E-state index in [9.17, 15) is 0 Å². The summed E-state index contributed by atoms with van der Waals surface area (Å²) >= 11 is 0. The highest BCUT2D eigenvalue weighted by Gasteiger charge is 2.21. The van der Waals surface area contributed by atoms with Gasteiger partial charge in [-0.05, 0) is 106 Å². The Bertz CT molecular complexity index is 3140. The Labute approximate surface area is 307 Å². The Morgan fingerprint density at radius 1 is 0.264 bits per heavy atom. The van der Waals surface area contributed by atoms with Crippen molar-refractivity contribution in [1.82, 2.24) is 0 Å². The summed E-state index contributed by atoms with van der Waals surface area (Å²) < 4.78 is 6.55. The van der Waals surface area contributed by atoms with Gasteiger partial charge >= 0.3 is 0 Å². The van der Waals surface area contributed by atoms with Gasteiger partial charge in [0.05, 0.1) is 0 Å². The fourth-order valence-corrected chi connectivity index (χ4v) is 8.71. The molecule has 0 aliphatic carbocycles. The Morgan fingerprint density at radius 3 is 1.42 bits per heavy atom. The van der Waals surface area contributed by atoms with Crippen LogP contribution in [0.3, 0.4) is 0 Å². The first kappa shape index (κ1) is 29.7. The molecule has 0 radical (unpaired) electrons. The van der Waals surface area contributed by atoms with Gasteiger partial charge in [0.2, 0.25) is 0 Å². The molecule has 0 saturated carbocycles. The van der Waals surface area contributed by atoms with Gasteiger partial charge in [0.25, 0.3) is 0 Å². The van der Waals surface area contributed by atoms with Crippen molar-refractivity contribution >= 4 is 65.0 Å². The molecule has 0 fully saturated rings. The van der Waals surface area contributed by atoms with Gasteiger partial charge in [-0.25, -0.2) is 0 Å². The van der Waals surface area contributed by atoms with Gasteiger partial charge in [-0.1, -0.05) is 176 Å². The topological polar surface area (TPSA) is 13.1 Å². The summed E-state index contributed by atoms with van der Waals surface area (Å²) in [5, 5.41) is 12.2. The summed E-state index contributed by atoms with van der Waals surface area (Å²) in [6, 6.07) is 70.5. The molecule has 1 aromatic heterocycles. The average Bonchev–Trinajstić information content (AvgIpc) is 3.59. The fraction of sp³-hybridized carbons (Fsp3) is 0. The first-order valence-corrected chi connectivity index (χ1v) is 18.3. The lowest BCUT2D eigenvalue weighted by atomic mass is 9.84. The Kier molecular flexibility index (Phi) is 6.62. The SMILES string of the molecule is c1ccc(-c2cccc3cccc(-c4ccc(-c5c6ccccc6c(-c6cccc7oc8cc9ccccc9cc8c67)c6ccccc56)cc4)c23)cc1. The molecule has 0 aliphatic rings. The van der Waals surface area contributed by atoms with E-state index in [0.29, 0.717) is 0 Å². The maximum atomic E-state index is 6.55. The van der Waals surface area contributed by atoms with Crippen molar-refractivity contribution in [3.8, 4) is 44.5 Å². The molecular formula is C52H32O. The molecule has 11 rings (SSSR count). The first-order valence-electron chi connectivity index (χ1n) is 18.3. The second kappa shape index (κ2) is 11.8. The minimum Gasteiger partial charge on any atom is -0.456 e. The van der Waals surface area contributed by atoms with E-state index in [1.54, 1.807) is 0 Å². The fourth-order valence-electron chi connectivity index (χ4n) is 8.71. The maximum absolute atomic E-state index is 6.55. The summed E-state index contributed by atoms with van der Waals surface area (Å²) in [5.41, 5.74) is 11.6. The van der Waals surface area contributed by atoms with E-state index in [0.717, 1.165) is 21.9 Å². The summed E-state index contributed by atoms with van der Waals surface area (Å²) in [6.45, 7) is 0. The minimum absolute atomic E-state index is 0.907. The molecule has 246 valence electrons. The van der Waals surface area contributed by atoms with Gasteiger partial charge in [0.15, 0.2) is 0 Å². The van der Waals surface area contributed by atoms with E-state index in [-0.39, 0.29) is 0 Å². The lowest BCUT2D eigenvalue weighted by Gasteiger charge is -2.18. The molecule has 0 amide bonds. The molecule has 0 saturated heterocycles. The van der Waals surface area contributed by atoms with Crippen molar-refractivity contribution in [2.45, 2.75) is 0 Å². The summed E-state index contributed by atoms with van der Waals surface area (Å²) in [4.78, 5) is 0. The van der Waals surface area contributed by atoms with Crippen LogP contribution in [0.1, 0.15) is 0 Å². The predicted molar refractivity (Wildman–Crippen MR) is 225 cm³/mol. The zero-order chi connectivity index (χ0) is 34.9. The van der Waals surface area contributed by atoms with E-state index in [1.165, 1.54) is 87.6 Å². The van der Waals surface area contributed by atoms with E-state index < -0.39 is 0 Å². The monoisotopic (exact) mass is 672 g/mol. The number of hydrogen-bond donors (Lipinski definition) is 0. The van der Waals surface area contributed by atoms with E-state index >= 15 is 0 Å².